The number of nitrogens with one attached hydrogen (secondary N) is 2. The van der Waals surface area contributed by atoms with E-state index in [-0.39, 0.29) is 31.9 Å². The number of guanidine groups is 1. The summed E-state index contributed by atoms with van der Waals surface area (Å²) in [6.07, 6.45) is 0.576. The summed E-state index contributed by atoms with van der Waals surface area (Å²) in [5, 5.41) is 23.1. The van der Waals surface area contributed by atoms with Crippen LogP contribution in [-0.2, 0) is 24.0 Å². The maximum atomic E-state index is 13.1. The number of carbonyl (C=O) groups is 5. The van der Waals surface area contributed by atoms with Crippen molar-refractivity contribution in [2.45, 2.75) is 56.7 Å². The summed E-state index contributed by atoms with van der Waals surface area (Å²) in [5.41, 5.74) is 15.8. The van der Waals surface area contributed by atoms with Crippen molar-refractivity contribution in [2.24, 2.45) is 22.2 Å². The van der Waals surface area contributed by atoms with Crippen LogP contribution >= 0.6 is 0 Å². The van der Waals surface area contributed by atoms with Crippen LogP contribution in [0.4, 0.5) is 0 Å². The van der Waals surface area contributed by atoms with E-state index < -0.39 is 60.8 Å². The SMILES string of the molecule is NCC(=O)NC(CCC(=O)O)C(=O)NC(CCCN=C(N)N)C(=O)N1CCCC1C(=O)O. The number of nitrogens with zero attached hydrogens (tertiary/aromatic N) is 2. The first-order valence-electron chi connectivity index (χ1n) is 10.2. The van der Waals surface area contributed by atoms with Crippen LogP contribution in [0, 0.1) is 0 Å². The van der Waals surface area contributed by atoms with E-state index in [4.69, 9.17) is 22.3 Å². The quantitative estimate of drug-likeness (QED) is 0.0834. The van der Waals surface area contributed by atoms with Crippen molar-refractivity contribution in [1.82, 2.24) is 15.5 Å². The van der Waals surface area contributed by atoms with Crippen molar-refractivity contribution in [2.75, 3.05) is 19.6 Å². The lowest BCUT2D eigenvalue weighted by Crippen LogP contribution is -2.56. The molecule has 14 nitrogen and oxygen atoms in total. The van der Waals surface area contributed by atoms with E-state index >= 15 is 0 Å². The molecule has 0 spiro atoms. The van der Waals surface area contributed by atoms with Crippen LogP contribution in [0.1, 0.15) is 38.5 Å². The van der Waals surface area contributed by atoms with E-state index in [0.29, 0.717) is 19.3 Å². The summed E-state index contributed by atoms with van der Waals surface area (Å²) in [4.78, 5) is 64.9. The van der Waals surface area contributed by atoms with Crippen molar-refractivity contribution in [3.8, 4) is 0 Å². The average Bonchev–Trinajstić information content (AvgIpc) is 3.22. The van der Waals surface area contributed by atoms with Gasteiger partial charge in [-0.05, 0) is 32.1 Å². The van der Waals surface area contributed by atoms with Crippen molar-refractivity contribution < 1.29 is 34.2 Å². The number of rotatable bonds is 13. The average molecular weight is 457 g/mol. The molecule has 3 unspecified atom stereocenters. The monoisotopic (exact) mass is 457 g/mol. The summed E-state index contributed by atoms with van der Waals surface area (Å²) in [6, 6.07) is -3.35. The number of aliphatic carboxylic acids is 2. The first-order chi connectivity index (χ1) is 15.1. The fraction of sp³-hybridized carbons (Fsp3) is 0.667. The van der Waals surface area contributed by atoms with E-state index in [2.05, 4.69) is 15.6 Å². The Bertz CT molecular complexity index is 739. The Morgan fingerprint density at radius 3 is 2.31 bits per heavy atom. The second-order valence-electron chi connectivity index (χ2n) is 7.29. The zero-order chi connectivity index (χ0) is 24.3. The number of hydrogen-bond donors (Lipinski definition) is 7. The molecule has 1 rings (SSSR count). The number of carboxylic acid groups (broad SMARTS) is 2. The van der Waals surface area contributed by atoms with Gasteiger partial charge in [-0.3, -0.25) is 24.2 Å². The molecule has 1 aliphatic heterocycles. The summed E-state index contributed by atoms with van der Waals surface area (Å²) >= 11 is 0. The van der Waals surface area contributed by atoms with Gasteiger partial charge in [-0.15, -0.1) is 0 Å². The predicted octanol–water partition coefficient (Wildman–Crippen LogP) is -3.09. The molecule has 3 amide bonds. The minimum absolute atomic E-state index is 0.0979. The highest BCUT2D eigenvalue weighted by Gasteiger charge is 2.38. The third kappa shape index (κ3) is 8.75. The molecule has 1 heterocycles. The van der Waals surface area contributed by atoms with Crippen LogP contribution in [0.15, 0.2) is 4.99 Å². The molecule has 10 N–H and O–H groups in total. The normalized spacial score (nSPS) is 17.2. The third-order valence-electron chi connectivity index (χ3n) is 4.86. The molecule has 0 aromatic heterocycles. The highest BCUT2D eigenvalue weighted by Crippen LogP contribution is 2.19. The van der Waals surface area contributed by atoms with Crippen molar-refractivity contribution >= 4 is 35.6 Å². The lowest BCUT2D eigenvalue weighted by atomic mass is 10.1. The molecule has 0 bridgehead atoms. The van der Waals surface area contributed by atoms with Gasteiger partial charge < -0.3 is 42.9 Å². The zero-order valence-corrected chi connectivity index (χ0v) is 17.7. The van der Waals surface area contributed by atoms with Gasteiger partial charge in [0.2, 0.25) is 17.7 Å². The van der Waals surface area contributed by atoms with Crippen LogP contribution in [-0.4, -0.2) is 88.5 Å². The van der Waals surface area contributed by atoms with Gasteiger partial charge in [-0.1, -0.05) is 0 Å². The second kappa shape index (κ2) is 13.1. The third-order valence-corrected chi connectivity index (χ3v) is 4.86. The molecule has 0 aromatic carbocycles. The number of carbonyl (C=O) groups excluding carboxylic acids is 3. The molecule has 14 heteroatoms. The van der Waals surface area contributed by atoms with E-state index in [9.17, 15) is 29.1 Å². The van der Waals surface area contributed by atoms with Crippen LogP contribution in [0.3, 0.4) is 0 Å². The van der Waals surface area contributed by atoms with Gasteiger partial charge in [-0.25, -0.2) is 4.79 Å². The molecule has 1 aliphatic rings. The largest absolute Gasteiger partial charge is 0.481 e. The van der Waals surface area contributed by atoms with Gasteiger partial charge in [-0.2, -0.15) is 0 Å². The maximum Gasteiger partial charge on any atom is 0.326 e. The zero-order valence-electron chi connectivity index (χ0n) is 17.7. The molecule has 1 fully saturated rings. The lowest BCUT2D eigenvalue weighted by molar-refractivity contribution is -0.149. The van der Waals surface area contributed by atoms with Gasteiger partial charge in [0.25, 0.3) is 0 Å². The molecule has 0 radical (unpaired) electrons. The Kier molecular flexibility index (Phi) is 10.9. The number of aliphatic imine (C=N–C) groups is 1. The Morgan fingerprint density at radius 1 is 1.06 bits per heavy atom. The van der Waals surface area contributed by atoms with Gasteiger partial charge in [0, 0.05) is 19.5 Å². The molecule has 0 aromatic rings. The van der Waals surface area contributed by atoms with E-state index in [1.165, 1.54) is 4.90 Å². The predicted molar refractivity (Wildman–Crippen MR) is 112 cm³/mol. The smallest absolute Gasteiger partial charge is 0.326 e. The topological polar surface area (TPSA) is 244 Å². The summed E-state index contributed by atoms with van der Waals surface area (Å²) in [5.74, 6) is -4.49. The van der Waals surface area contributed by atoms with Crippen LogP contribution in [0.5, 0.6) is 0 Å². The molecule has 32 heavy (non-hydrogen) atoms. The second-order valence-corrected chi connectivity index (χ2v) is 7.29. The van der Waals surface area contributed by atoms with E-state index in [1.807, 2.05) is 0 Å². The molecule has 0 saturated carbocycles. The van der Waals surface area contributed by atoms with Crippen molar-refractivity contribution in [1.29, 1.82) is 0 Å². The molecular formula is C18H31N7O7. The summed E-state index contributed by atoms with van der Waals surface area (Å²) < 4.78 is 0. The maximum absolute atomic E-state index is 13.1. The van der Waals surface area contributed by atoms with E-state index in [1.54, 1.807) is 0 Å². The van der Waals surface area contributed by atoms with Gasteiger partial charge in [0.05, 0.1) is 6.54 Å². The van der Waals surface area contributed by atoms with Crippen molar-refractivity contribution in [3.63, 3.8) is 0 Å². The lowest BCUT2D eigenvalue weighted by Gasteiger charge is -2.28. The molecule has 1 saturated heterocycles. The molecular weight excluding hydrogens is 426 g/mol. The van der Waals surface area contributed by atoms with Crippen molar-refractivity contribution in [3.05, 3.63) is 0 Å². The first-order valence-corrected chi connectivity index (χ1v) is 10.2. The number of likely N-dealkylation sites (tertiary alicyclic amines) is 1. The van der Waals surface area contributed by atoms with Gasteiger partial charge in [0.15, 0.2) is 5.96 Å². The first kappa shape index (κ1) is 26.6. The number of nitrogens with two attached hydrogens (primary N) is 3. The molecule has 3 atom stereocenters. The summed E-state index contributed by atoms with van der Waals surface area (Å²) in [6.45, 7) is -0.00901. The van der Waals surface area contributed by atoms with Crippen LogP contribution in [0.25, 0.3) is 0 Å². The Morgan fingerprint density at radius 2 is 1.75 bits per heavy atom. The standard InChI is InChI=1S/C18H31N7O7/c19-9-13(26)23-10(5-6-14(27)28)15(29)24-11(3-1-7-22-18(20)21)16(30)25-8-2-4-12(25)17(31)32/h10-12H,1-9,19H2,(H,23,26)(H,24,29)(H,27,28)(H,31,32)(H4,20,21,22). The Hall–Kier alpha value is -3.42. The Labute approximate surface area is 184 Å². The summed E-state index contributed by atoms with van der Waals surface area (Å²) in [7, 11) is 0. The minimum Gasteiger partial charge on any atom is -0.481 e. The minimum atomic E-state index is -1.23. The molecule has 0 aliphatic carbocycles. The molecule has 180 valence electrons. The van der Waals surface area contributed by atoms with Crippen LogP contribution in [0.2, 0.25) is 0 Å². The highest BCUT2D eigenvalue weighted by atomic mass is 16.4. The van der Waals surface area contributed by atoms with Gasteiger partial charge in [0.1, 0.15) is 18.1 Å². The number of amides is 3. The number of carboxylic acids is 2. The van der Waals surface area contributed by atoms with Gasteiger partial charge >= 0.3 is 11.9 Å². The fourth-order valence-electron chi connectivity index (χ4n) is 3.31. The fourth-order valence-corrected chi connectivity index (χ4v) is 3.31. The van der Waals surface area contributed by atoms with Crippen LogP contribution < -0.4 is 27.8 Å². The number of hydrogen-bond acceptors (Lipinski definition) is 7. The van der Waals surface area contributed by atoms with E-state index in [0.717, 1.165) is 0 Å². The Balaban J connectivity index is 2.99. The highest BCUT2D eigenvalue weighted by molar-refractivity contribution is 5.94.